The smallest absolute Gasteiger partial charge is 0.167 e. The molecule has 0 heterocycles. The summed E-state index contributed by atoms with van der Waals surface area (Å²) in [5.41, 5.74) is 1.40. The lowest BCUT2D eigenvalue weighted by atomic mass is 10.1. The van der Waals surface area contributed by atoms with Crippen LogP contribution in [0.4, 0.5) is 0 Å². The van der Waals surface area contributed by atoms with Crippen LogP contribution in [0.25, 0.3) is 0 Å². The molecule has 0 aromatic carbocycles. The van der Waals surface area contributed by atoms with Crippen molar-refractivity contribution in [1.82, 2.24) is 4.90 Å². The largest absolute Gasteiger partial charge is 0.383 e. The number of rotatable bonds is 5. The summed E-state index contributed by atoms with van der Waals surface area (Å²) in [5.74, 6) is 0. The van der Waals surface area contributed by atoms with Crippen molar-refractivity contribution in [3.05, 3.63) is 11.8 Å². The summed E-state index contributed by atoms with van der Waals surface area (Å²) in [5, 5.41) is 0. The summed E-state index contributed by atoms with van der Waals surface area (Å²) >= 11 is 0. The van der Waals surface area contributed by atoms with Gasteiger partial charge in [0.2, 0.25) is 0 Å². The minimum absolute atomic E-state index is 1.17. The summed E-state index contributed by atoms with van der Waals surface area (Å²) in [7, 11) is 3.32. The van der Waals surface area contributed by atoms with E-state index in [0.717, 1.165) is 0 Å². The Morgan fingerprint density at radius 3 is 1.89 bits per heavy atom. The molecule has 0 unspecified atom stereocenters. The molecule has 0 aliphatic heterocycles. The van der Waals surface area contributed by atoms with Crippen LogP contribution in [0.15, 0.2) is 11.8 Å². The molecule has 0 radical (unpaired) electrons. The molecule has 0 saturated heterocycles. The third-order valence-electron chi connectivity index (χ3n) is 1.67. The molecule has 0 aromatic heterocycles. The third kappa shape index (κ3) is 24.5. The Labute approximate surface area is 111 Å². The highest BCUT2D eigenvalue weighted by Gasteiger charge is 1.98. The predicted molar refractivity (Wildman–Crippen MR) is 59.5 cm³/mol. The molecule has 0 atom stereocenters. The number of hydrogen-bond acceptors (Lipinski definition) is 5. The van der Waals surface area contributed by atoms with Crippen molar-refractivity contribution in [3.63, 3.8) is 0 Å². The summed E-state index contributed by atoms with van der Waals surface area (Å²) < 4.78 is 36.1. The van der Waals surface area contributed by atoms with Crippen LogP contribution in [-0.2, 0) is 0 Å². The van der Waals surface area contributed by atoms with E-state index in [-0.39, 0.29) is 0 Å². The van der Waals surface area contributed by atoms with E-state index in [1.54, 1.807) is 0 Å². The molecule has 0 amide bonds. The van der Waals surface area contributed by atoms with Crippen LogP contribution < -0.4 is 18.6 Å². The minimum atomic E-state index is -4.94. The normalized spacial score (nSPS) is 11.5. The Morgan fingerprint density at radius 1 is 1.17 bits per heavy atom. The van der Waals surface area contributed by atoms with E-state index < -0.39 is 10.2 Å². The van der Waals surface area contributed by atoms with Crippen LogP contribution in [0.5, 0.6) is 0 Å². The van der Waals surface area contributed by atoms with Crippen molar-refractivity contribution in [2.45, 2.75) is 26.2 Å². The van der Waals surface area contributed by atoms with Gasteiger partial charge in [-0.3, -0.25) is 0 Å². The van der Waals surface area contributed by atoms with Gasteiger partial charge in [-0.05, 0) is 12.8 Å². The molecular formula is C11H23ClN2O4. The van der Waals surface area contributed by atoms with E-state index in [1.807, 2.05) is 0 Å². The minimum Gasteiger partial charge on any atom is -0.383 e. The van der Waals surface area contributed by atoms with Gasteiger partial charge in [0.15, 0.2) is 6.21 Å². The second-order valence-electron chi connectivity index (χ2n) is 4.24. The number of halogens is 1. The maximum absolute atomic E-state index is 8.49. The fourth-order valence-electron chi connectivity index (χ4n) is 1.21. The van der Waals surface area contributed by atoms with Crippen molar-refractivity contribution in [2.24, 2.45) is 0 Å². The maximum Gasteiger partial charge on any atom is 0.167 e. The molecule has 7 heteroatoms. The first-order valence-corrected chi connectivity index (χ1v) is 6.79. The van der Waals surface area contributed by atoms with Crippen LogP contribution in [0.3, 0.4) is 0 Å². The maximum atomic E-state index is 8.49. The molecule has 18 heavy (non-hydrogen) atoms. The average Bonchev–Trinajstić information content (AvgIpc) is 2.09. The van der Waals surface area contributed by atoms with Gasteiger partial charge in [0.05, 0.1) is 0 Å². The second kappa shape index (κ2) is 10.3. The monoisotopic (exact) mass is 282 g/mol. The van der Waals surface area contributed by atoms with Gasteiger partial charge in [0.1, 0.15) is 14.1 Å². The fourth-order valence-corrected chi connectivity index (χ4v) is 1.21. The highest BCUT2D eigenvalue weighted by molar-refractivity contribution is 5.73. The van der Waals surface area contributed by atoms with Crippen molar-refractivity contribution in [1.29, 1.82) is 0 Å². The van der Waals surface area contributed by atoms with Gasteiger partial charge in [0, 0.05) is 25.9 Å². The Bertz CT molecular complexity index is 263. The zero-order valence-corrected chi connectivity index (χ0v) is 12.4. The summed E-state index contributed by atoms with van der Waals surface area (Å²) in [6, 6.07) is 0. The van der Waals surface area contributed by atoms with Gasteiger partial charge in [-0.1, -0.05) is 13.3 Å². The quantitative estimate of drug-likeness (QED) is 0.401. The Kier molecular flexibility index (Phi) is 11.2. The van der Waals surface area contributed by atoms with E-state index in [1.165, 1.54) is 24.8 Å². The molecule has 6 nitrogen and oxygen atoms in total. The van der Waals surface area contributed by atoms with Crippen LogP contribution in [0.1, 0.15) is 26.2 Å². The highest BCUT2D eigenvalue weighted by atomic mass is 35.7. The predicted octanol–water partition coefficient (Wildman–Crippen LogP) is -2.79. The van der Waals surface area contributed by atoms with Crippen LogP contribution >= 0.6 is 0 Å². The Hall–Kier alpha value is -0.660. The van der Waals surface area contributed by atoms with Gasteiger partial charge in [-0.2, -0.15) is 0 Å². The Morgan fingerprint density at radius 2 is 1.61 bits per heavy atom. The van der Waals surface area contributed by atoms with Gasteiger partial charge >= 0.3 is 0 Å². The van der Waals surface area contributed by atoms with E-state index in [2.05, 4.69) is 57.0 Å². The van der Waals surface area contributed by atoms with Gasteiger partial charge in [-0.25, -0.2) is 23.2 Å². The van der Waals surface area contributed by atoms with E-state index >= 15 is 0 Å². The van der Waals surface area contributed by atoms with Crippen LogP contribution in [0, 0.1) is 10.2 Å². The first-order chi connectivity index (χ1) is 8.06. The van der Waals surface area contributed by atoms with E-state index in [0.29, 0.717) is 0 Å². The van der Waals surface area contributed by atoms with Crippen LogP contribution in [-0.4, -0.2) is 43.9 Å². The molecule has 0 bridgehead atoms. The first kappa shape index (κ1) is 19.7. The van der Waals surface area contributed by atoms with Crippen molar-refractivity contribution in [2.75, 3.05) is 28.2 Å². The summed E-state index contributed by atoms with van der Waals surface area (Å²) in [6.45, 7) is 2.23. The third-order valence-corrected chi connectivity index (χ3v) is 1.67. The van der Waals surface area contributed by atoms with E-state index in [4.69, 9.17) is 18.6 Å². The summed E-state index contributed by atoms with van der Waals surface area (Å²) in [4.78, 5) is 2.10. The first-order valence-electron chi connectivity index (χ1n) is 5.56. The summed E-state index contributed by atoms with van der Waals surface area (Å²) in [6.07, 6.45) is 8.08. The molecule has 0 aliphatic rings. The number of allylic oxidation sites excluding steroid dienone is 1. The lowest BCUT2D eigenvalue weighted by Gasteiger charge is -2.17. The highest BCUT2D eigenvalue weighted by Crippen LogP contribution is 2.05. The topological polar surface area (TPSA) is 98.5 Å². The lowest BCUT2D eigenvalue weighted by molar-refractivity contribution is -2.00. The van der Waals surface area contributed by atoms with Gasteiger partial charge < -0.3 is 4.90 Å². The molecule has 0 aliphatic carbocycles. The standard InChI is InChI=1S/C11H23N2.ClHO4/c1-6-7-8-11(9-12(2)3)10-13(4)5;2-1(3,4)5/h9-10H,6-8H2,1-5H3;(H,2,3,4,5)/q+1;/p-1. The lowest BCUT2D eigenvalue weighted by Crippen LogP contribution is -2.68. The second-order valence-corrected chi connectivity index (χ2v) is 5.00. The Balaban J connectivity index is 0. The molecule has 0 spiro atoms. The molecule has 0 saturated carbocycles. The van der Waals surface area contributed by atoms with Crippen molar-refractivity contribution in [3.8, 4) is 0 Å². The van der Waals surface area contributed by atoms with Gasteiger partial charge in [-0.15, -0.1) is 10.2 Å². The van der Waals surface area contributed by atoms with Gasteiger partial charge in [0.25, 0.3) is 0 Å². The molecule has 0 rings (SSSR count). The van der Waals surface area contributed by atoms with Crippen molar-refractivity contribution < 1.29 is 33.5 Å². The molecule has 108 valence electrons. The fraction of sp³-hybridized carbons (Fsp3) is 0.727. The average molecular weight is 283 g/mol. The number of unbranched alkanes of at least 4 members (excludes halogenated alkanes) is 1. The SMILES string of the molecule is CCCC/C(C=[N+](C)C)=C\N(C)C.[O-][Cl+3]([O-])([O-])[O-]. The number of nitrogens with zero attached hydrogens (tertiary/aromatic N) is 2. The van der Waals surface area contributed by atoms with E-state index in [9.17, 15) is 0 Å². The molecular weight excluding hydrogens is 260 g/mol. The zero-order chi connectivity index (χ0) is 14.8. The molecule has 0 aromatic rings. The zero-order valence-electron chi connectivity index (χ0n) is 11.7. The molecule has 0 N–H and O–H groups in total. The number of hydrogen-bond donors (Lipinski definition) is 0. The van der Waals surface area contributed by atoms with Crippen LogP contribution in [0.2, 0.25) is 0 Å². The van der Waals surface area contributed by atoms with Crippen molar-refractivity contribution >= 4 is 6.21 Å². The molecule has 0 fully saturated rings.